The minimum Gasteiger partial charge on any atom is -0.360 e. The molecule has 0 atom stereocenters. The largest absolute Gasteiger partial charge is 0.360 e. The van der Waals surface area contributed by atoms with Crippen molar-refractivity contribution in [2.45, 2.75) is 26.1 Å². The van der Waals surface area contributed by atoms with E-state index in [-0.39, 0.29) is 0 Å². The standard InChI is InChI=1S/C14H18N2O/c15-8-12-3-4-14-13(7-12)5-6-16(14)10-17-9-11-1-2-11/h3-7,11H,1-2,8-10,15H2. The summed E-state index contributed by atoms with van der Waals surface area (Å²) in [5.41, 5.74) is 8.03. The van der Waals surface area contributed by atoms with Crippen molar-refractivity contribution in [2.75, 3.05) is 6.61 Å². The van der Waals surface area contributed by atoms with Gasteiger partial charge >= 0.3 is 0 Å². The van der Waals surface area contributed by atoms with Crippen LogP contribution in [0.15, 0.2) is 30.5 Å². The summed E-state index contributed by atoms with van der Waals surface area (Å²) in [6.07, 6.45) is 4.76. The van der Waals surface area contributed by atoms with Gasteiger partial charge in [-0.1, -0.05) is 6.07 Å². The first-order valence-electron chi connectivity index (χ1n) is 6.22. The summed E-state index contributed by atoms with van der Waals surface area (Å²) < 4.78 is 7.86. The molecule has 0 saturated heterocycles. The third kappa shape index (κ3) is 2.35. The molecule has 0 unspecified atom stereocenters. The number of hydrogen-bond acceptors (Lipinski definition) is 2. The average Bonchev–Trinajstić information content (AvgIpc) is 3.10. The molecular formula is C14H18N2O. The third-order valence-electron chi connectivity index (χ3n) is 3.35. The minimum absolute atomic E-state index is 0.597. The Hall–Kier alpha value is -1.32. The van der Waals surface area contributed by atoms with Crippen LogP contribution in [0.1, 0.15) is 18.4 Å². The molecule has 17 heavy (non-hydrogen) atoms. The maximum absolute atomic E-state index is 5.70. The molecule has 0 bridgehead atoms. The maximum Gasteiger partial charge on any atom is 0.122 e. The maximum atomic E-state index is 5.70. The second-order valence-corrected chi connectivity index (χ2v) is 4.83. The fraction of sp³-hybridized carbons (Fsp3) is 0.429. The highest BCUT2D eigenvalue weighted by Gasteiger charge is 2.21. The summed E-state index contributed by atoms with van der Waals surface area (Å²) in [4.78, 5) is 0. The lowest BCUT2D eigenvalue weighted by molar-refractivity contribution is 0.0718. The number of ether oxygens (including phenoxy) is 1. The van der Waals surface area contributed by atoms with E-state index in [1.165, 1.54) is 29.3 Å². The van der Waals surface area contributed by atoms with Crippen LogP contribution in [0.3, 0.4) is 0 Å². The Morgan fingerprint density at radius 2 is 2.18 bits per heavy atom. The topological polar surface area (TPSA) is 40.2 Å². The third-order valence-corrected chi connectivity index (χ3v) is 3.35. The van der Waals surface area contributed by atoms with Gasteiger partial charge in [-0.3, -0.25) is 0 Å². The van der Waals surface area contributed by atoms with E-state index in [4.69, 9.17) is 10.5 Å². The average molecular weight is 230 g/mol. The summed E-state index contributed by atoms with van der Waals surface area (Å²) in [5, 5.41) is 1.24. The van der Waals surface area contributed by atoms with Gasteiger partial charge < -0.3 is 15.0 Å². The smallest absolute Gasteiger partial charge is 0.122 e. The van der Waals surface area contributed by atoms with Crippen LogP contribution < -0.4 is 5.73 Å². The highest BCUT2D eigenvalue weighted by molar-refractivity contribution is 5.80. The molecule has 3 rings (SSSR count). The van der Waals surface area contributed by atoms with Crippen LogP contribution in [0, 0.1) is 5.92 Å². The van der Waals surface area contributed by atoms with Gasteiger partial charge in [0.25, 0.3) is 0 Å². The summed E-state index contributed by atoms with van der Waals surface area (Å²) in [6, 6.07) is 8.47. The van der Waals surface area contributed by atoms with Crippen LogP contribution in [0.4, 0.5) is 0 Å². The van der Waals surface area contributed by atoms with Crippen molar-refractivity contribution < 1.29 is 4.74 Å². The molecule has 0 spiro atoms. The molecule has 0 aliphatic heterocycles. The summed E-state index contributed by atoms with van der Waals surface area (Å²) >= 11 is 0. The number of fused-ring (bicyclic) bond motifs is 1. The number of nitrogens with two attached hydrogens (primary N) is 1. The summed E-state index contributed by atoms with van der Waals surface area (Å²) in [5.74, 6) is 0.820. The first kappa shape index (κ1) is 10.8. The van der Waals surface area contributed by atoms with Gasteiger partial charge in [0.2, 0.25) is 0 Å². The van der Waals surface area contributed by atoms with E-state index in [0.717, 1.165) is 12.5 Å². The van der Waals surface area contributed by atoms with E-state index < -0.39 is 0 Å². The molecule has 0 amide bonds. The number of hydrogen-bond donors (Lipinski definition) is 1. The second kappa shape index (κ2) is 4.51. The van der Waals surface area contributed by atoms with Gasteiger partial charge in [0.1, 0.15) is 6.73 Å². The Balaban J connectivity index is 1.74. The van der Waals surface area contributed by atoms with Crippen LogP contribution in [0.5, 0.6) is 0 Å². The van der Waals surface area contributed by atoms with E-state index in [1.54, 1.807) is 0 Å². The van der Waals surface area contributed by atoms with E-state index in [2.05, 4.69) is 35.0 Å². The Bertz CT molecular complexity index is 514. The SMILES string of the molecule is NCc1ccc2c(ccn2COCC2CC2)c1. The lowest BCUT2D eigenvalue weighted by atomic mass is 10.1. The minimum atomic E-state index is 0.597. The van der Waals surface area contributed by atoms with E-state index >= 15 is 0 Å². The number of benzene rings is 1. The molecule has 1 saturated carbocycles. The Kier molecular flexibility index (Phi) is 2.87. The summed E-state index contributed by atoms with van der Waals surface area (Å²) in [6.45, 7) is 2.15. The predicted octanol–water partition coefficient (Wildman–Crippen LogP) is 2.48. The van der Waals surface area contributed by atoms with Gasteiger partial charge in [-0.25, -0.2) is 0 Å². The van der Waals surface area contributed by atoms with E-state index in [0.29, 0.717) is 13.3 Å². The lowest BCUT2D eigenvalue weighted by Crippen LogP contribution is -2.03. The van der Waals surface area contributed by atoms with Crippen LogP contribution in [0.2, 0.25) is 0 Å². The van der Waals surface area contributed by atoms with E-state index in [1.807, 2.05) is 0 Å². The molecule has 1 fully saturated rings. The van der Waals surface area contributed by atoms with Crippen molar-refractivity contribution in [2.24, 2.45) is 11.7 Å². The highest BCUT2D eigenvalue weighted by atomic mass is 16.5. The van der Waals surface area contributed by atoms with Crippen molar-refractivity contribution in [3.8, 4) is 0 Å². The van der Waals surface area contributed by atoms with Crippen LogP contribution in [-0.4, -0.2) is 11.2 Å². The Labute approximate surface area is 101 Å². The Morgan fingerprint density at radius 1 is 1.29 bits per heavy atom. The number of rotatable bonds is 5. The summed E-state index contributed by atoms with van der Waals surface area (Å²) in [7, 11) is 0. The van der Waals surface area contributed by atoms with Crippen LogP contribution in [-0.2, 0) is 18.0 Å². The second-order valence-electron chi connectivity index (χ2n) is 4.83. The fourth-order valence-corrected chi connectivity index (χ4v) is 2.09. The molecule has 2 N–H and O–H groups in total. The molecule has 3 heteroatoms. The van der Waals surface area contributed by atoms with Crippen molar-refractivity contribution >= 4 is 10.9 Å². The van der Waals surface area contributed by atoms with Gasteiger partial charge in [0.05, 0.1) is 6.61 Å². The van der Waals surface area contributed by atoms with Gasteiger partial charge in [-0.05, 0) is 47.9 Å². The van der Waals surface area contributed by atoms with E-state index in [9.17, 15) is 0 Å². The van der Waals surface area contributed by atoms with Crippen molar-refractivity contribution in [3.05, 3.63) is 36.0 Å². The molecule has 1 aliphatic rings. The van der Waals surface area contributed by atoms with Crippen molar-refractivity contribution in [1.29, 1.82) is 0 Å². The lowest BCUT2D eigenvalue weighted by Gasteiger charge is -2.06. The monoisotopic (exact) mass is 230 g/mol. The molecular weight excluding hydrogens is 212 g/mol. The Morgan fingerprint density at radius 3 is 2.94 bits per heavy atom. The van der Waals surface area contributed by atoms with Gasteiger partial charge in [-0.2, -0.15) is 0 Å². The van der Waals surface area contributed by atoms with Crippen molar-refractivity contribution in [3.63, 3.8) is 0 Å². The molecule has 1 aromatic heterocycles. The zero-order chi connectivity index (χ0) is 11.7. The van der Waals surface area contributed by atoms with Crippen LogP contribution >= 0.6 is 0 Å². The van der Waals surface area contributed by atoms with Gasteiger partial charge in [-0.15, -0.1) is 0 Å². The normalized spacial score (nSPS) is 15.6. The van der Waals surface area contributed by atoms with Gasteiger partial charge in [0.15, 0.2) is 0 Å². The molecule has 2 aromatic rings. The zero-order valence-electron chi connectivity index (χ0n) is 9.93. The fourth-order valence-electron chi connectivity index (χ4n) is 2.09. The quantitative estimate of drug-likeness (QED) is 0.857. The number of nitrogens with zero attached hydrogens (tertiary/aromatic N) is 1. The molecule has 1 aliphatic carbocycles. The zero-order valence-corrected chi connectivity index (χ0v) is 9.93. The molecule has 1 heterocycles. The molecule has 0 radical (unpaired) electrons. The predicted molar refractivity (Wildman–Crippen MR) is 68.5 cm³/mol. The molecule has 1 aromatic carbocycles. The highest BCUT2D eigenvalue weighted by Crippen LogP contribution is 2.29. The first-order chi connectivity index (χ1) is 8.36. The molecule has 90 valence electrons. The van der Waals surface area contributed by atoms with Crippen molar-refractivity contribution in [1.82, 2.24) is 4.57 Å². The first-order valence-corrected chi connectivity index (χ1v) is 6.22. The van der Waals surface area contributed by atoms with Gasteiger partial charge in [0, 0.05) is 18.3 Å². The number of aromatic nitrogens is 1. The molecule has 3 nitrogen and oxygen atoms in total. The van der Waals surface area contributed by atoms with Crippen LogP contribution in [0.25, 0.3) is 10.9 Å².